The Morgan fingerprint density at radius 1 is 1.10 bits per heavy atom. The van der Waals surface area contributed by atoms with Gasteiger partial charge in [0.05, 0.1) is 0 Å². The summed E-state index contributed by atoms with van der Waals surface area (Å²) < 4.78 is 0. The average Bonchev–Trinajstić information content (AvgIpc) is 3.22. The van der Waals surface area contributed by atoms with Gasteiger partial charge in [0.2, 0.25) is 0 Å². The van der Waals surface area contributed by atoms with E-state index in [-0.39, 0.29) is 0 Å². The number of nitrogens with zero attached hydrogens (tertiary/aromatic N) is 2. The summed E-state index contributed by atoms with van der Waals surface area (Å²) in [6, 6.07) is 19.4. The Morgan fingerprint density at radius 3 is 2.57 bits per heavy atom. The highest BCUT2D eigenvalue weighted by molar-refractivity contribution is 5.80. The number of hydrogen-bond acceptors (Lipinski definition) is 2. The van der Waals surface area contributed by atoms with Crippen molar-refractivity contribution in [1.29, 1.82) is 0 Å². The molecule has 3 rings (SSSR count). The molecule has 1 heterocycles. The number of aliphatic imine (C=N–C) groups is 1. The molecule has 0 aliphatic carbocycles. The minimum Gasteiger partial charge on any atom is -0.299 e. The molecule has 1 aliphatic rings. The van der Waals surface area contributed by atoms with Gasteiger partial charge in [0, 0.05) is 30.8 Å². The van der Waals surface area contributed by atoms with Crippen LogP contribution in [0.25, 0.3) is 11.1 Å². The molecule has 0 saturated carbocycles. The van der Waals surface area contributed by atoms with Crippen LogP contribution in [0.3, 0.4) is 0 Å². The molecule has 0 bridgehead atoms. The van der Waals surface area contributed by atoms with Crippen LogP contribution < -0.4 is 0 Å². The van der Waals surface area contributed by atoms with E-state index < -0.39 is 0 Å². The fourth-order valence-electron chi connectivity index (χ4n) is 3.75. The average molecular weight is 397 g/mol. The quantitative estimate of drug-likeness (QED) is 0.237. The lowest BCUT2D eigenvalue weighted by molar-refractivity contribution is 0.351. The molecule has 2 aromatic carbocycles. The first-order valence-electron chi connectivity index (χ1n) is 10.9. The van der Waals surface area contributed by atoms with Crippen molar-refractivity contribution in [1.82, 2.24) is 4.90 Å². The maximum absolute atomic E-state index is 4.67. The zero-order chi connectivity index (χ0) is 21.0. The summed E-state index contributed by atoms with van der Waals surface area (Å²) in [5, 5.41) is 0. The number of likely N-dealkylation sites (N-methyl/N-ethyl adjacent to an activating group) is 1. The van der Waals surface area contributed by atoms with Gasteiger partial charge in [0.1, 0.15) is 0 Å². The van der Waals surface area contributed by atoms with Crippen molar-refractivity contribution in [3.8, 4) is 23.0 Å². The summed E-state index contributed by atoms with van der Waals surface area (Å²) in [6.45, 7) is 4.05. The lowest BCUT2D eigenvalue weighted by atomic mass is 10.0. The molecule has 0 unspecified atom stereocenters. The summed E-state index contributed by atoms with van der Waals surface area (Å²) >= 11 is 0. The number of allylic oxidation sites excluding steroid dienone is 3. The second-order valence-electron chi connectivity index (χ2n) is 7.72. The van der Waals surface area contributed by atoms with Gasteiger partial charge in [-0.15, -0.1) is 0 Å². The molecule has 0 amide bonds. The van der Waals surface area contributed by atoms with Crippen molar-refractivity contribution in [3.63, 3.8) is 0 Å². The zero-order valence-electron chi connectivity index (χ0n) is 18.2. The Hall–Kier alpha value is -2.89. The molecular weight excluding hydrogens is 364 g/mol. The molecule has 2 aromatic rings. The lowest BCUT2D eigenvalue weighted by Gasteiger charge is -2.20. The second kappa shape index (κ2) is 12.0. The number of rotatable bonds is 7. The van der Waals surface area contributed by atoms with Crippen LogP contribution in [0, 0.1) is 11.8 Å². The second-order valence-corrected chi connectivity index (χ2v) is 7.72. The van der Waals surface area contributed by atoms with E-state index >= 15 is 0 Å². The summed E-state index contributed by atoms with van der Waals surface area (Å²) in [6.07, 6.45) is 12.8. The summed E-state index contributed by atoms with van der Waals surface area (Å²) in [5.74, 6) is 6.56. The van der Waals surface area contributed by atoms with Crippen molar-refractivity contribution in [2.24, 2.45) is 4.99 Å². The molecule has 0 radical (unpaired) electrons. The van der Waals surface area contributed by atoms with E-state index in [9.17, 15) is 0 Å². The van der Waals surface area contributed by atoms with Gasteiger partial charge < -0.3 is 0 Å². The van der Waals surface area contributed by atoms with E-state index in [1.807, 2.05) is 6.07 Å². The van der Waals surface area contributed by atoms with Crippen molar-refractivity contribution in [3.05, 3.63) is 84.0 Å². The van der Waals surface area contributed by atoms with Crippen LogP contribution in [0.4, 0.5) is 0 Å². The maximum atomic E-state index is 4.67. The van der Waals surface area contributed by atoms with Crippen LogP contribution in [-0.4, -0.2) is 37.3 Å². The molecule has 0 aromatic heterocycles. The Morgan fingerprint density at radius 2 is 1.87 bits per heavy atom. The first-order chi connectivity index (χ1) is 14.8. The normalized spacial score (nSPS) is 17.5. The SMILES string of the molecule is C/C=C\C=C(/C=NCCCC#Cc1ccc(-c2ccccc2)cc1)[C@@H]1CCCN1C. The van der Waals surface area contributed by atoms with Crippen LogP contribution in [0.2, 0.25) is 0 Å². The van der Waals surface area contributed by atoms with E-state index in [2.05, 4.69) is 109 Å². The summed E-state index contributed by atoms with van der Waals surface area (Å²) in [7, 11) is 2.21. The number of benzene rings is 2. The van der Waals surface area contributed by atoms with Crippen molar-refractivity contribution in [2.45, 2.75) is 38.6 Å². The fourth-order valence-corrected chi connectivity index (χ4v) is 3.75. The minimum atomic E-state index is 0.503. The maximum Gasteiger partial charge on any atom is 0.0398 e. The highest BCUT2D eigenvalue weighted by Crippen LogP contribution is 2.21. The molecule has 1 saturated heterocycles. The highest BCUT2D eigenvalue weighted by Gasteiger charge is 2.23. The molecule has 1 aliphatic heterocycles. The Kier molecular flexibility index (Phi) is 8.69. The Balaban J connectivity index is 1.46. The number of hydrogen-bond donors (Lipinski definition) is 0. The Labute approximate surface area is 182 Å². The van der Waals surface area contributed by atoms with Gasteiger partial charge in [-0.05, 0) is 68.6 Å². The van der Waals surface area contributed by atoms with E-state index in [0.29, 0.717) is 6.04 Å². The standard InChI is InChI=1S/C28H32N2/c1-3-4-13-27(28-16-11-22-30(28)2)23-29-21-10-6-7-12-24-17-19-26(20-18-24)25-14-8-5-9-15-25/h3-5,8-9,13-15,17-20,23,28H,6,10-11,16,21-22H2,1-2H3/b4-3-,27-13+,29-23?/t28-/m0/s1. The number of likely N-dealkylation sites (tertiary alicyclic amines) is 1. The molecule has 154 valence electrons. The molecule has 30 heavy (non-hydrogen) atoms. The zero-order valence-corrected chi connectivity index (χ0v) is 18.2. The fraction of sp³-hybridized carbons (Fsp3) is 0.321. The van der Waals surface area contributed by atoms with Gasteiger partial charge in [0.15, 0.2) is 0 Å². The van der Waals surface area contributed by atoms with Crippen LogP contribution in [-0.2, 0) is 0 Å². The largest absolute Gasteiger partial charge is 0.299 e. The van der Waals surface area contributed by atoms with Gasteiger partial charge in [-0.25, -0.2) is 0 Å². The predicted octanol–water partition coefficient (Wildman–Crippen LogP) is 6.15. The smallest absolute Gasteiger partial charge is 0.0398 e. The molecular formula is C28H32N2. The summed E-state index contributed by atoms with van der Waals surface area (Å²) in [4.78, 5) is 7.10. The lowest BCUT2D eigenvalue weighted by Crippen LogP contribution is -2.27. The molecule has 1 atom stereocenters. The molecule has 0 spiro atoms. The third-order valence-corrected chi connectivity index (χ3v) is 5.44. The van der Waals surface area contributed by atoms with Crippen molar-refractivity contribution >= 4 is 6.21 Å². The van der Waals surface area contributed by atoms with Gasteiger partial charge in [-0.1, -0.05) is 72.5 Å². The third kappa shape index (κ3) is 6.58. The first-order valence-corrected chi connectivity index (χ1v) is 10.9. The third-order valence-electron chi connectivity index (χ3n) is 5.44. The minimum absolute atomic E-state index is 0.503. The van der Waals surface area contributed by atoms with E-state index in [1.54, 1.807) is 0 Å². The van der Waals surface area contributed by atoms with E-state index in [1.165, 1.54) is 36.1 Å². The van der Waals surface area contributed by atoms with Crippen LogP contribution in [0.15, 0.2) is 83.4 Å². The van der Waals surface area contributed by atoms with Gasteiger partial charge in [-0.3, -0.25) is 9.89 Å². The highest BCUT2D eigenvalue weighted by atomic mass is 15.1. The van der Waals surface area contributed by atoms with Crippen molar-refractivity contribution in [2.75, 3.05) is 20.1 Å². The topological polar surface area (TPSA) is 15.6 Å². The monoisotopic (exact) mass is 396 g/mol. The Bertz CT molecular complexity index is 924. The number of unbranched alkanes of at least 4 members (excludes halogenated alkanes) is 1. The van der Waals surface area contributed by atoms with Crippen LogP contribution in [0.1, 0.15) is 38.2 Å². The first kappa shape index (κ1) is 21.8. The van der Waals surface area contributed by atoms with Crippen LogP contribution >= 0.6 is 0 Å². The van der Waals surface area contributed by atoms with E-state index in [0.717, 1.165) is 24.9 Å². The van der Waals surface area contributed by atoms with E-state index in [4.69, 9.17) is 0 Å². The molecule has 2 heteroatoms. The molecule has 1 fully saturated rings. The molecule has 0 N–H and O–H groups in total. The van der Waals surface area contributed by atoms with Gasteiger partial charge in [-0.2, -0.15) is 0 Å². The molecule has 2 nitrogen and oxygen atoms in total. The van der Waals surface area contributed by atoms with Gasteiger partial charge >= 0.3 is 0 Å². The van der Waals surface area contributed by atoms with Gasteiger partial charge in [0.25, 0.3) is 0 Å². The van der Waals surface area contributed by atoms with Crippen LogP contribution in [0.5, 0.6) is 0 Å². The summed E-state index contributed by atoms with van der Waals surface area (Å²) in [5.41, 5.74) is 4.85. The van der Waals surface area contributed by atoms with Crippen molar-refractivity contribution < 1.29 is 0 Å². The predicted molar refractivity (Wildman–Crippen MR) is 130 cm³/mol.